The van der Waals surface area contributed by atoms with Crippen molar-refractivity contribution in [3.63, 3.8) is 0 Å². The number of carbonyl (C=O) groups is 2. The fraction of sp³-hybridized carbons (Fsp3) is 0.478. The summed E-state index contributed by atoms with van der Waals surface area (Å²) < 4.78 is 28.1. The topological polar surface area (TPSA) is 107 Å². The van der Waals surface area contributed by atoms with Crippen LogP contribution in [-0.4, -0.2) is 38.8 Å². The van der Waals surface area contributed by atoms with Gasteiger partial charge in [-0.2, -0.15) is 0 Å². The van der Waals surface area contributed by atoms with E-state index in [1.165, 1.54) is 18.2 Å². The van der Waals surface area contributed by atoms with Gasteiger partial charge in [0, 0.05) is 11.3 Å². The van der Waals surface area contributed by atoms with Crippen LogP contribution in [0.1, 0.15) is 59.9 Å². The van der Waals surface area contributed by atoms with Crippen molar-refractivity contribution in [3.05, 3.63) is 44.3 Å². The van der Waals surface area contributed by atoms with Crippen molar-refractivity contribution in [3.8, 4) is 0 Å². The maximum atomic E-state index is 15.1. The summed E-state index contributed by atoms with van der Waals surface area (Å²) in [5.41, 5.74) is -2.09. The van der Waals surface area contributed by atoms with Crippen molar-refractivity contribution >= 4 is 57.9 Å². The molecule has 0 aliphatic carbocycles. The average Bonchev–Trinajstić information content (AvgIpc) is 2.95. The Hall–Kier alpha value is -2.41. The van der Waals surface area contributed by atoms with E-state index in [-0.39, 0.29) is 23.1 Å². The molecule has 2 N–H and O–H groups in total. The fourth-order valence-corrected chi connectivity index (χ4v) is 4.14. The summed E-state index contributed by atoms with van der Waals surface area (Å²) in [5.74, 6) is -0.124. The van der Waals surface area contributed by atoms with Gasteiger partial charge in [-0.25, -0.2) is 19.0 Å². The van der Waals surface area contributed by atoms with Crippen molar-refractivity contribution in [1.29, 1.82) is 0 Å². The molecule has 9 nitrogen and oxygen atoms in total. The molecule has 0 radical (unpaired) electrons. The van der Waals surface area contributed by atoms with Crippen molar-refractivity contribution < 1.29 is 23.5 Å². The molecule has 0 fully saturated rings. The standard InChI is InChI=1S/C23H28ClFIN5O4/c1-21(2,3)34-19(32)27-12-8-9-14(25)13(10-12)23(7)11-31-16(26)15(24)28-18(31)17(30-23)29-20(33)35-22(4,5)6/h8-10H,11H2,1-7H3,(H,27,32)(H,29,30,33). The first-order valence-electron chi connectivity index (χ1n) is 10.8. The Morgan fingerprint density at radius 1 is 1.11 bits per heavy atom. The number of aromatic nitrogens is 2. The number of imidazole rings is 1. The maximum absolute atomic E-state index is 15.1. The number of benzene rings is 1. The van der Waals surface area contributed by atoms with Crippen LogP contribution < -0.4 is 10.6 Å². The molecule has 2 aromatic rings. The maximum Gasteiger partial charge on any atom is 0.413 e. The van der Waals surface area contributed by atoms with Crippen LogP contribution in [0, 0.1) is 9.52 Å². The zero-order chi connectivity index (χ0) is 26.3. The Bertz CT molecular complexity index is 1200. The van der Waals surface area contributed by atoms with Crippen LogP contribution in [0.25, 0.3) is 0 Å². The number of anilines is 1. The number of carbonyl (C=O) groups excluding carboxylic acids is 2. The number of halogens is 3. The minimum Gasteiger partial charge on any atom is -0.444 e. The molecule has 0 saturated heterocycles. The molecule has 35 heavy (non-hydrogen) atoms. The molecule has 2 amide bonds. The zero-order valence-corrected chi connectivity index (χ0v) is 23.5. The molecule has 0 bridgehead atoms. The molecule has 1 atom stereocenters. The highest BCUT2D eigenvalue weighted by molar-refractivity contribution is 14.1. The molecule has 190 valence electrons. The summed E-state index contributed by atoms with van der Waals surface area (Å²) in [4.78, 5) is 33.7. The zero-order valence-electron chi connectivity index (χ0n) is 20.5. The molecule has 1 aliphatic heterocycles. The summed E-state index contributed by atoms with van der Waals surface area (Å²) in [6.45, 7) is 12.3. The van der Waals surface area contributed by atoms with Gasteiger partial charge in [-0.3, -0.25) is 15.6 Å². The highest BCUT2D eigenvalue weighted by Gasteiger charge is 2.38. The van der Waals surface area contributed by atoms with Crippen LogP contribution >= 0.6 is 34.2 Å². The van der Waals surface area contributed by atoms with Crippen LogP contribution in [0.4, 0.5) is 19.7 Å². The third-order valence-corrected chi connectivity index (χ3v) is 6.39. The predicted octanol–water partition coefficient (Wildman–Crippen LogP) is 5.83. The number of alkyl carbamates (subject to hydrolysis) is 1. The van der Waals surface area contributed by atoms with E-state index < -0.39 is 34.7 Å². The van der Waals surface area contributed by atoms with Gasteiger partial charge in [0.2, 0.25) is 0 Å². The van der Waals surface area contributed by atoms with Gasteiger partial charge in [-0.1, -0.05) is 11.6 Å². The molecule has 2 heterocycles. The van der Waals surface area contributed by atoms with E-state index in [4.69, 9.17) is 21.1 Å². The summed E-state index contributed by atoms with van der Waals surface area (Å²) >= 11 is 8.29. The van der Waals surface area contributed by atoms with E-state index >= 15 is 4.39 Å². The number of fused-ring (bicyclic) bond motifs is 1. The lowest BCUT2D eigenvalue weighted by Gasteiger charge is -2.33. The lowest BCUT2D eigenvalue weighted by atomic mass is 9.90. The number of aliphatic imine (C=N–C) groups is 1. The SMILES string of the molecule is CC(C)(C)OC(=O)NC1=NC(C)(c2cc(NC(=O)OC(C)(C)C)ccc2F)Cn2c1nc(Cl)c2I. The van der Waals surface area contributed by atoms with E-state index in [1.54, 1.807) is 53.0 Å². The van der Waals surface area contributed by atoms with Crippen LogP contribution in [0.5, 0.6) is 0 Å². The molecular formula is C23H28ClFIN5O4. The van der Waals surface area contributed by atoms with Gasteiger partial charge in [0.25, 0.3) is 0 Å². The van der Waals surface area contributed by atoms with Crippen molar-refractivity contribution in [2.24, 2.45) is 4.99 Å². The smallest absolute Gasteiger partial charge is 0.413 e. The van der Waals surface area contributed by atoms with Crippen LogP contribution in [0.2, 0.25) is 5.15 Å². The molecular weight excluding hydrogens is 592 g/mol. The lowest BCUT2D eigenvalue weighted by Crippen LogP contribution is -2.44. The van der Waals surface area contributed by atoms with Gasteiger partial charge in [-0.15, -0.1) is 0 Å². The van der Waals surface area contributed by atoms with Gasteiger partial charge in [-0.05, 0) is 89.3 Å². The van der Waals surface area contributed by atoms with Gasteiger partial charge in [0.1, 0.15) is 26.3 Å². The summed E-state index contributed by atoms with van der Waals surface area (Å²) in [7, 11) is 0. The van der Waals surface area contributed by atoms with E-state index in [9.17, 15) is 9.59 Å². The Morgan fingerprint density at radius 3 is 2.26 bits per heavy atom. The summed E-state index contributed by atoms with van der Waals surface area (Å²) in [5, 5.41) is 5.47. The quantitative estimate of drug-likeness (QED) is 0.412. The predicted molar refractivity (Wildman–Crippen MR) is 139 cm³/mol. The van der Waals surface area contributed by atoms with E-state index in [1.807, 2.05) is 22.6 Å². The normalized spacial score (nSPS) is 17.8. The first-order chi connectivity index (χ1) is 16.0. The highest BCUT2D eigenvalue weighted by Crippen LogP contribution is 2.37. The average molecular weight is 620 g/mol. The number of hydrogen-bond acceptors (Lipinski definition) is 6. The second kappa shape index (κ2) is 9.57. The molecule has 1 unspecified atom stereocenters. The van der Waals surface area contributed by atoms with E-state index in [2.05, 4.69) is 20.6 Å². The minimum absolute atomic E-state index is 0.0859. The number of nitrogens with zero attached hydrogens (tertiary/aromatic N) is 3. The molecule has 1 aromatic heterocycles. The van der Waals surface area contributed by atoms with Crippen LogP contribution in [0.3, 0.4) is 0 Å². The third kappa shape index (κ3) is 6.63. The second-order valence-corrected chi connectivity index (χ2v) is 11.7. The van der Waals surface area contributed by atoms with Gasteiger partial charge < -0.3 is 14.0 Å². The van der Waals surface area contributed by atoms with Crippen LogP contribution in [-0.2, 0) is 21.6 Å². The first kappa shape index (κ1) is 27.2. The lowest BCUT2D eigenvalue weighted by molar-refractivity contribution is 0.0560. The van der Waals surface area contributed by atoms with Crippen molar-refractivity contribution in [2.75, 3.05) is 5.32 Å². The number of nitrogens with one attached hydrogen (secondary N) is 2. The van der Waals surface area contributed by atoms with Gasteiger partial charge >= 0.3 is 12.2 Å². The highest BCUT2D eigenvalue weighted by atomic mass is 127. The second-order valence-electron chi connectivity index (χ2n) is 10.3. The number of amides is 2. The monoisotopic (exact) mass is 619 g/mol. The Morgan fingerprint density at radius 2 is 1.69 bits per heavy atom. The minimum atomic E-state index is -1.18. The first-order valence-corrected chi connectivity index (χ1v) is 12.2. The number of rotatable bonds is 2. The summed E-state index contributed by atoms with van der Waals surface area (Å²) in [6, 6.07) is 4.16. The molecule has 1 aromatic carbocycles. The van der Waals surface area contributed by atoms with E-state index in [0.29, 0.717) is 15.2 Å². The number of amidine groups is 1. The number of hydrogen-bond donors (Lipinski definition) is 2. The van der Waals surface area contributed by atoms with Gasteiger partial charge in [0.05, 0.1) is 6.54 Å². The van der Waals surface area contributed by atoms with Crippen molar-refractivity contribution in [2.45, 2.75) is 71.8 Å². The Labute approximate surface area is 222 Å². The largest absolute Gasteiger partial charge is 0.444 e. The van der Waals surface area contributed by atoms with Crippen LogP contribution in [0.15, 0.2) is 23.2 Å². The van der Waals surface area contributed by atoms with Crippen molar-refractivity contribution in [1.82, 2.24) is 14.9 Å². The molecule has 12 heteroatoms. The van der Waals surface area contributed by atoms with Gasteiger partial charge in [0.15, 0.2) is 16.8 Å². The summed E-state index contributed by atoms with van der Waals surface area (Å²) in [6.07, 6.45) is -1.40. The molecule has 0 saturated carbocycles. The van der Waals surface area contributed by atoms with E-state index in [0.717, 1.165) is 0 Å². The molecule has 1 aliphatic rings. The Kier molecular flexibility index (Phi) is 7.43. The fourth-order valence-electron chi connectivity index (χ4n) is 3.44. The molecule has 3 rings (SSSR count). The Balaban J connectivity index is 2.02. The number of ether oxygens (including phenoxy) is 2. The third-order valence-electron chi connectivity index (χ3n) is 4.71. The molecule has 0 spiro atoms.